The van der Waals surface area contributed by atoms with Crippen LogP contribution >= 0.6 is 0 Å². The fraction of sp³-hybridized carbons (Fsp3) is 0.682. The molecule has 1 aliphatic rings. The summed E-state index contributed by atoms with van der Waals surface area (Å²) in [5, 5.41) is 6.53. The van der Waals surface area contributed by atoms with Crippen LogP contribution in [0, 0.1) is 0 Å². The average Bonchev–Trinajstić information content (AvgIpc) is 3.04. The van der Waals surface area contributed by atoms with Crippen molar-refractivity contribution < 1.29 is 23.7 Å². The molecule has 2 rings (SSSR count). The van der Waals surface area contributed by atoms with E-state index in [1.165, 1.54) is 0 Å². The summed E-state index contributed by atoms with van der Waals surface area (Å²) in [6.07, 6.45) is -0.295. The van der Waals surface area contributed by atoms with Gasteiger partial charge in [-0.3, -0.25) is 0 Å². The zero-order valence-electron chi connectivity index (χ0n) is 19.0. The third-order valence-corrected chi connectivity index (χ3v) is 4.62. The normalized spacial score (nSPS) is 19.8. The number of carbonyl (C=O) groups excluding carboxylic acids is 1. The Hall–Kier alpha value is -2.32. The lowest BCUT2D eigenvalue weighted by atomic mass is 10.0. The highest BCUT2D eigenvalue weighted by molar-refractivity contribution is 5.68. The maximum Gasteiger partial charge on any atom is 0.407 e. The Labute approximate surface area is 184 Å². The summed E-state index contributed by atoms with van der Waals surface area (Å²) >= 11 is 0. The van der Waals surface area contributed by atoms with Gasteiger partial charge in [0, 0.05) is 11.5 Å². The molecule has 0 spiro atoms. The van der Waals surface area contributed by atoms with E-state index in [-0.39, 0.29) is 6.10 Å². The van der Waals surface area contributed by atoms with Gasteiger partial charge in [-0.1, -0.05) is 35.4 Å². The van der Waals surface area contributed by atoms with E-state index in [1.807, 2.05) is 65.0 Å². The first kappa shape index (κ1) is 24.9. The molecule has 172 valence electrons. The highest BCUT2D eigenvalue weighted by Crippen LogP contribution is 2.28. The topological polar surface area (TPSA) is 115 Å². The molecular formula is C22H34N4O5. The van der Waals surface area contributed by atoms with Gasteiger partial charge in [-0.15, -0.1) is 0 Å². The number of ether oxygens (including phenoxy) is 4. The number of nitrogens with zero attached hydrogens (tertiary/aromatic N) is 3. The third kappa shape index (κ3) is 9.14. The first-order chi connectivity index (χ1) is 14.6. The highest BCUT2D eigenvalue weighted by atomic mass is 16.7. The van der Waals surface area contributed by atoms with Gasteiger partial charge in [-0.05, 0) is 58.6 Å². The second kappa shape index (κ2) is 11.3. The SMILES string of the molecule is CC(C)(C)OC(=O)N[C@@H](CCCN=[N+]=[N-])[C@@H](OCc1ccccc1)[C@@H]1COC(C)(C)O1. The van der Waals surface area contributed by atoms with Crippen LogP contribution in [-0.2, 0) is 25.6 Å². The van der Waals surface area contributed by atoms with Gasteiger partial charge in [0.2, 0.25) is 0 Å². The molecule has 1 fully saturated rings. The van der Waals surface area contributed by atoms with Gasteiger partial charge in [0.05, 0.1) is 19.3 Å². The first-order valence-electron chi connectivity index (χ1n) is 10.6. The number of rotatable bonds is 10. The number of amides is 1. The number of hydrogen-bond donors (Lipinski definition) is 1. The van der Waals surface area contributed by atoms with E-state index < -0.39 is 29.6 Å². The Morgan fingerprint density at radius 2 is 2.06 bits per heavy atom. The molecule has 1 amide bonds. The van der Waals surface area contributed by atoms with E-state index in [0.29, 0.717) is 32.6 Å². The van der Waals surface area contributed by atoms with E-state index >= 15 is 0 Å². The van der Waals surface area contributed by atoms with Crippen LogP contribution in [0.5, 0.6) is 0 Å². The van der Waals surface area contributed by atoms with E-state index in [0.717, 1.165) is 5.56 Å². The van der Waals surface area contributed by atoms with Crippen molar-refractivity contribution in [3.8, 4) is 0 Å². The minimum Gasteiger partial charge on any atom is -0.444 e. The van der Waals surface area contributed by atoms with Crippen LogP contribution in [0.3, 0.4) is 0 Å². The summed E-state index contributed by atoms with van der Waals surface area (Å²) in [5.74, 6) is -0.736. The number of hydrogen-bond acceptors (Lipinski definition) is 6. The summed E-state index contributed by atoms with van der Waals surface area (Å²) in [7, 11) is 0. The molecule has 0 saturated carbocycles. The molecule has 1 heterocycles. The Kier molecular flexibility index (Phi) is 9.13. The lowest BCUT2D eigenvalue weighted by Gasteiger charge is -2.33. The van der Waals surface area contributed by atoms with Gasteiger partial charge in [0.15, 0.2) is 5.79 Å². The standard InChI is InChI=1S/C22H34N4O5/c1-21(2,3)31-20(27)25-17(12-9-13-24-26-23)19(18-15-29-22(4,5)30-18)28-14-16-10-7-6-8-11-16/h6-8,10-11,17-19H,9,12-15H2,1-5H3,(H,25,27)/t17-,18-,19+/m0/s1. The van der Waals surface area contributed by atoms with Gasteiger partial charge < -0.3 is 24.3 Å². The largest absolute Gasteiger partial charge is 0.444 e. The average molecular weight is 435 g/mol. The predicted molar refractivity (Wildman–Crippen MR) is 116 cm³/mol. The fourth-order valence-corrected chi connectivity index (χ4v) is 3.33. The van der Waals surface area contributed by atoms with Crippen LogP contribution in [-0.4, -0.2) is 48.9 Å². The Balaban J connectivity index is 2.19. The number of benzene rings is 1. The molecule has 1 aromatic carbocycles. The fourth-order valence-electron chi connectivity index (χ4n) is 3.33. The minimum atomic E-state index is -0.736. The molecule has 1 saturated heterocycles. The summed E-state index contributed by atoms with van der Waals surface area (Å²) in [6.45, 7) is 10.1. The third-order valence-electron chi connectivity index (χ3n) is 4.62. The molecule has 1 aliphatic heterocycles. The van der Waals surface area contributed by atoms with Crippen molar-refractivity contribution in [2.24, 2.45) is 5.11 Å². The second-order valence-electron chi connectivity index (χ2n) is 8.98. The lowest BCUT2D eigenvalue weighted by molar-refractivity contribution is -0.161. The van der Waals surface area contributed by atoms with Gasteiger partial charge in [-0.2, -0.15) is 0 Å². The van der Waals surface area contributed by atoms with Crippen molar-refractivity contribution >= 4 is 6.09 Å². The van der Waals surface area contributed by atoms with E-state index in [1.54, 1.807) is 0 Å². The Morgan fingerprint density at radius 1 is 1.35 bits per heavy atom. The quantitative estimate of drug-likeness (QED) is 0.248. The van der Waals surface area contributed by atoms with Crippen molar-refractivity contribution in [2.45, 2.75) is 83.7 Å². The summed E-state index contributed by atoms with van der Waals surface area (Å²) in [6, 6.07) is 9.37. The Bertz CT molecular complexity index is 744. The number of carbonyl (C=O) groups is 1. The zero-order chi connectivity index (χ0) is 22.9. The van der Waals surface area contributed by atoms with Gasteiger partial charge >= 0.3 is 6.09 Å². The lowest BCUT2D eigenvalue weighted by Crippen LogP contribution is -2.52. The van der Waals surface area contributed by atoms with Crippen molar-refractivity contribution in [1.82, 2.24) is 5.32 Å². The van der Waals surface area contributed by atoms with Gasteiger partial charge in [0.1, 0.15) is 17.8 Å². The zero-order valence-corrected chi connectivity index (χ0v) is 19.0. The first-order valence-corrected chi connectivity index (χ1v) is 10.6. The van der Waals surface area contributed by atoms with Crippen molar-refractivity contribution in [3.05, 3.63) is 46.3 Å². The summed E-state index contributed by atoms with van der Waals surface area (Å²) < 4.78 is 23.6. The molecule has 0 radical (unpaired) electrons. The molecule has 9 heteroatoms. The smallest absolute Gasteiger partial charge is 0.407 e. The molecule has 1 N–H and O–H groups in total. The molecule has 9 nitrogen and oxygen atoms in total. The molecule has 0 bridgehead atoms. The van der Waals surface area contributed by atoms with E-state index in [2.05, 4.69) is 15.3 Å². The molecule has 3 atom stereocenters. The molecule has 0 unspecified atom stereocenters. The summed E-state index contributed by atoms with van der Waals surface area (Å²) in [5.41, 5.74) is 8.94. The van der Waals surface area contributed by atoms with Crippen LogP contribution in [0.1, 0.15) is 53.0 Å². The van der Waals surface area contributed by atoms with Gasteiger partial charge in [-0.25, -0.2) is 4.79 Å². The van der Waals surface area contributed by atoms with Crippen molar-refractivity contribution in [2.75, 3.05) is 13.2 Å². The molecular weight excluding hydrogens is 400 g/mol. The van der Waals surface area contributed by atoms with Gasteiger partial charge in [0.25, 0.3) is 0 Å². The second-order valence-corrected chi connectivity index (χ2v) is 8.98. The van der Waals surface area contributed by atoms with Crippen molar-refractivity contribution in [3.63, 3.8) is 0 Å². The van der Waals surface area contributed by atoms with Crippen molar-refractivity contribution in [1.29, 1.82) is 0 Å². The molecule has 31 heavy (non-hydrogen) atoms. The predicted octanol–water partition coefficient (Wildman–Crippen LogP) is 4.71. The molecule has 0 aliphatic carbocycles. The van der Waals surface area contributed by atoms with Crippen LogP contribution < -0.4 is 5.32 Å². The van der Waals surface area contributed by atoms with Crippen LogP contribution in [0.2, 0.25) is 0 Å². The van der Waals surface area contributed by atoms with Crippen LogP contribution in [0.25, 0.3) is 10.4 Å². The number of azide groups is 1. The maximum absolute atomic E-state index is 12.5. The molecule has 1 aromatic rings. The summed E-state index contributed by atoms with van der Waals surface area (Å²) in [4.78, 5) is 15.3. The highest BCUT2D eigenvalue weighted by Gasteiger charge is 2.42. The Morgan fingerprint density at radius 3 is 2.65 bits per heavy atom. The number of alkyl carbamates (subject to hydrolysis) is 1. The maximum atomic E-state index is 12.5. The minimum absolute atomic E-state index is 0.321. The van der Waals surface area contributed by atoms with E-state index in [4.69, 9.17) is 24.5 Å². The number of nitrogens with one attached hydrogen (secondary N) is 1. The molecule has 0 aromatic heterocycles. The van der Waals surface area contributed by atoms with Crippen LogP contribution in [0.15, 0.2) is 35.4 Å². The van der Waals surface area contributed by atoms with E-state index in [9.17, 15) is 4.79 Å². The van der Waals surface area contributed by atoms with Crippen LogP contribution in [0.4, 0.5) is 4.79 Å². The monoisotopic (exact) mass is 434 g/mol.